The first-order chi connectivity index (χ1) is 11.1. The van der Waals surface area contributed by atoms with E-state index in [1.165, 1.54) is 21.9 Å². The van der Waals surface area contributed by atoms with E-state index in [2.05, 4.69) is 10.1 Å². The van der Waals surface area contributed by atoms with Crippen molar-refractivity contribution in [3.8, 4) is 10.9 Å². The quantitative estimate of drug-likeness (QED) is 0.739. The van der Waals surface area contributed by atoms with Crippen LogP contribution in [0.2, 0.25) is 0 Å². The molecule has 1 aromatic carbocycles. The van der Waals surface area contributed by atoms with Gasteiger partial charge in [-0.3, -0.25) is 9.59 Å². The molecule has 0 unspecified atom stereocenters. The van der Waals surface area contributed by atoms with Gasteiger partial charge in [0.1, 0.15) is 5.75 Å². The predicted molar refractivity (Wildman–Crippen MR) is 85.7 cm³/mol. The van der Waals surface area contributed by atoms with Crippen molar-refractivity contribution in [2.24, 2.45) is 0 Å². The van der Waals surface area contributed by atoms with Crippen LogP contribution < -0.4 is 10.3 Å². The van der Waals surface area contributed by atoms with Crippen molar-refractivity contribution < 1.29 is 9.53 Å². The second-order valence-corrected chi connectivity index (χ2v) is 6.26. The Morgan fingerprint density at radius 1 is 1.26 bits per heavy atom. The highest BCUT2D eigenvalue weighted by atomic mass is 32.1. The van der Waals surface area contributed by atoms with Crippen LogP contribution in [0.25, 0.3) is 4.96 Å². The molecule has 2 heterocycles. The van der Waals surface area contributed by atoms with E-state index in [4.69, 9.17) is 4.74 Å². The number of rotatable bonds is 3. The van der Waals surface area contributed by atoms with Crippen molar-refractivity contribution in [3.63, 3.8) is 0 Å². The maximum absolute atomic E-state index is 12.0. The zero-order chi connectivity index (χ0) is 16.0. The lowest BCUT2D eigenvalue weighted by molar-refractivity contribution is 0.0994. The molecule has 1 aliphatic carbocycles. The first kappa shape index (κ1) is 14.1. The number of ketones is 1. The average molecular weight is 327 g/mol. The molecule has 0 atom stereocenters. The maximum atomic E-state index is 12.0. The fourth-order valence-electron chi connectivity index (χ4n) is 2.66. The summed E-state index contributed by atoms with van der Waals surface area (Å²) in [6.45, 7) is 1.95. The molecule has 0 N–H and O–H groups in total. The topological polar surface area (TPSA) is 73.6 Å². The molecule has 3 aromatic rings. The van der Waals surface area contributed by atoms with Crippen molar-refractivity contribution in [1.82, 2.24) is 14.6 Å². The molecule has 0 spiro atoms. The SMILES string of the molecule is CCc1cc(=O)n2nc(Oc3ccc4c(c3)CCC4=O)sc2n1. The molecule has 0 aliphatic heterocycles. The third-order valence-corrected chi connectivity index (χ3v) is 4.63. The van der Waals surface area contributed by atoms with E-state index in [0.717, 1.165) is 23.2 Å². The molecule has 6 nitrogen and oxygen atoms in total. The number of carbonyl (C=O) groups is 1. The second-order valence-electron chi connectivity index (χ2n) is 5.35. The summed E-state index contributed by atoms with van der Waals surface area (Å²) in [6.07, 6.45) is 1.99. The molecular weight excluding hydrogens is 314 g/mol. The number of ether oxygens (including phenoxy) is 1. The monoisotopic (exact) mass is 327 g/mol. The second kappa shape index (κ2) is 5.27. The van der Waals surface area contributed by atoms with Crippen LogP contribution in [0.1, 0.15) is 35.0 Å². The number of hydrogen-bond acceptors (Lipinski definition) is 6. The Bertz CT molecular complexity index is 990. The number of nitrogens with zero attached hydrogens (tertiary/aromatic N) is 3. The van der Waals surface area contributed by atoms with Gasteiger partial charge < -0.3 is 4.74 Å². The summed E-state index contributed by atoms with van der Waals surface area (Å²) < 4.78 is 6.99. The van der Waals surface area contributed by atoms with E-state index in [1.54, 1.807) is 12.1 Å². The van der Waals surface area contributed by atoms with Crippen LogP contribution in [0.4, 0.5) is 0 Å². The fourth-order valence-corrected chi connectivity index (χ4v) is 3.45. The van der Waals surface area contributed by atoms with Crippen LogP contribution in [0.15, 0.2) is 29.1 Å². The van der Waals surface area contributed by atoms with Crippen LogP contribution in [0, 0.1) is 0 Å². The Morgan fingerprint density at radius 3 is 2.96 bits per heavy atom. The largest absolute Gasteiger partial charge is 0.430 e. The number of aryl methyl sites for hydroxylation is 2. The number of hydrogen-bond donors (Lipinski definition) is 0. The van der Waals surface area contributed by atoms with Gasteiger partial charge in [-0.1, -0.05) is 6.92 Å². The number of Topliss-reactive ketones (excluding diaryl/α,β-unsaturated/α-hetero) is 1. The standard InChI is InChI=1S/C16H13N3O3S/c1-2-10-8-14(21)19-15(17-10)23-16(18-19)22-11-4-5-12-9(7-11)3-6-13(12)20/h4-5,7-8H,2-3,6H2,1H3. The molecule has 0 radical (unpaired) electrons. The molecule has 2 aromatic heterocycles. The number of carbonyl (C=O) groups excluding carboxylic acids is 1. The molecule has 0 amide bonds. The van der Waals surface area contributed by atoms with Crippen LogP contribution in [0.3, 0.4) is 0 Å². The molecule has 23 heavy (non-hydrogen) atoms. The average Bonchev–Trinajstić information content (AvgIpc) is 3.11. The van der Waals surface area contributed by atoms with Gasteiger partial charge in [-0.15, -0.1) is 5.10 Å². The zero-order valence-corrected chi connectivity index (χ0v) is 13.2. The lowest BCUT2D eigenvalue weighted by Gasteiger charge is -2.03. The number of aromatic nitrogens is 3. The highest BCUT2D eigenvalue weighted by molar-refractivity contribution is 7.18. The molecule has 0 saturated heterocycles. The van der Waals surface area contributed by atoms with E-state index in [-0.39, 0.29) is 11.3 Å². The van der Waals surface area contributed by atoms with Crippen molar-refractivity contribution in [1.29, 1.82) is 0 Å². The van der Waals surface area contributed by atoms with Crippen LogP contribution >= 0.6 is 11.3 Å². The van der Waals surface area contributed by atoms with E-state index >= 15 is 0 Å². The van der Waals surface area contributed by atoms with Crippen LogP contribution in [-0.4, -0.2) is 20.4 Å². The van der Waals surface area contributed by atoms with E-state index in [0.29, 0.717) is 28.7 Å². The van der Waals surface area contributed by atoms with Gasteiger partial charge in [0.2, 0.25) is 4.96 Å². The summed E-state index contributed by atoms with van der Waals surface area (Å²) in [5.74, 6) is 0.788. The van der Waals surface area contributed by atoms with Gasteiger partial charge in [-0.05, 0) is 47.9 Å². The van der Waals surface area contributed by atoms with Crippen molar-refractivity contribution in [2.75, 3.05) is 0 Å². The summed E-state index contributed by atoms with van der Waals surface area (Å²) in [5.41, 5.74) is 2.29. The lowest BCUT2D eigenvalue weighted by atomic mass is 10.1. The van der Waals surface area contributed by atoms with Crippen LogP contribution in [0.5, 0.6) is 10.9 Å². The molecule has 0 fully saturated rings. The van der Waals surface area contributed by atoms with Gasteiger partial charge in [0, 0.05) is 23.7 Å². The molecule has 1 aliphatic rings. The molecule has 116 valence electrons. The van der Waals surface area contributed by atoms with Gasteiger partial charge in [-0.25, -0.2) is 4.98 Å². The number of benzene rings is 1. The first-order valence-electron chi connectivity index (χ1n) is 7.38. The Balaban J connectivity index is 1.69. The third kappa shape index (κ3) is 2.43. The van der Waals surface area contributed by atoms with Gasteiger partial charge >= 0.3 is 0 Å². The highest BCUT2D eigenvalue weighted by Gasteiger charge is 2.20. The van der Waals surface area contributed by atoms with Gasteiger partial charge in [-0.2, -0.15) is 4.52 Å². The number of fused-ring (bicyclic) bond motifs is 2. The molecule has 4 rings (SSSR count). The predicted octanol–water partition coefficient (Wildman–Crippen LogP) is 2.63. The van der Waals surface area contributed by atoms with E-state index < -0.39 is 0 Å². The summed E-state index contributed by atoms with van der Waals surface area (Å²) in [7, 11) is 0. The summed E-state index contributed by atoms with van der Waals surface area (Å²) in [4.78, 5) is 28.5. The Labute approximate surface area is 135 Å². The molecule has 7 heteroatoms. The fraction of sp³-hybridized carbons (Fsp3) is 0.250. The Morgan fingerprint density at radius 2 is 2.13 bits per heavy atom. The van der Waals surface area contributed by atoms with Crippen LogP contribution in [-0.2, 0) is 12.8 Å². The van der Waals surface area contributed by atoms with Gasteiger partial charge in [0.05, 0.1) is 0 Å². The maximum Gasteiger partial charge on any atom is 0.299 e. The minimum absolute atomic E-state index is 0.175. The summed E-state index contributed by atoms with van der Waals surface area (Å²) in [5, 5.41) is 4.52. The smallest absolute Gasteiger partial charge is 0.299 e. The molecule has 0 bridgehead atoms. The summed E-state index contributed by atoms with van der Waals surface area (Å²) >= 11 is 1.22. The molecule has 0 saturated carbocycles. The Hall–Kier alpha value is -2.54. The minimum Gasteiger partial charge on any atom is -0.430 e. The van der Waals surface area contributed by atoms with Crippen molar-refractivity contribution in [2.45, 2.75) is 26.2 Å². The highest BCUT2D eigenvalue weighted by Crippen LogP contribution is 2.30. The van der Waals surface area contributed by atoms with E-state index in [9.17, 15) is 9.59 Å². The lowest BCUT2D eigenvalue weighted by Crippen LogP contribution is -2.14. The minimum atomic E-state index is -0.211. The van der Waals surface area contributed by atoms with E-state index in [1.807, 2.05) is 13.0 Å². The zero-order valence-electron chi connectivity index (χ0n) is 12.4. The summed E-state index contributed by atoms with van der Waals surface area (Å²) in [6, 6.07) is 6.88. The molecular formula is C16H13N3O3S. The Kier molecular flexibility index (Phi) is 3.23. The first-order valence-corrected chi connectivity index (χ1v) is 8.19. The van der Waals surface area contributed by atoms with Crippen molar-refractivity contribution >= 4 is 22.1 Å². The van der Waals surface area contributed by atoms with Gasteiger partial charge in [0.15, 0.2) is 5.78 Å². The third-order valence-electron chi connectivity index (χ3n) is 3.85. The van der Waals surface area contributed by atoms with Gasteiger partial charge in [0.25, 0.3) is 10.8 Å². The van der Waals surface area contributed by atoms with Crippen molar-refractivity contribution in [3.05, 3.63) is 51.4 Å². The normalized spacial score (nSPS) is 13.5.